The number of nitrogens with two attached hydrogens (primary N) is 1. The quantitative estimate of drug-likeness (QED) is 0.927. The van der Waals surface area contributed by atoms with Crippen LogP contribution in [-0.2, 0) is 4.74 Å². The molecule has 0 radical (unpaired) electrons. The highest BCUT2D eigenvalue weighted by molar-refractivity contribution is 9.10. The summed E-state index contributed by atoms with van der Waals surface area (Å²) in [6.45, 7) is 4.29. The predicted octanol–water partition coefficient (Wildman–Crippen LogP) is 3.27. The second-order valence-electron chi connectivity index (χ2n) is 4.63. The number of benzene rings is 1. The Bertz CT molecular complexity index is 391. The van der Waals surface area contributed by atoms with Crippen molar-refractivity contribution >= 4 is 15.9 Å². The molecule has 2 unspecified atom stereocenters. The van der Waals surface area contributed by atoms with E-state index in [4.69, 9.17) is 15.2 Å². The predicted molar refractivity (Wildman–Crippen MR) is 75.8 cm³/mol. The van der Waals surface area contributed by atoms with Gasteiger partial charge >= 0.3 is 0 Å². The lowest BCUT2D eigenvalue weighted by Crippen LogP contribution is -2.29. The molecule has 1 heterocycles. The van der Waals surface area contributed by atoms with Crippen LogP contribution in [0.3, 0.4) is 0 Å². The van der Waals surface area contributed by atoms with Gasteiger partial charge in [0.1, 0.15) is 5.75 Å². The number of rotatable bonds is 4. The van der Waals surface area contributed by atoms with Crippen LogP contribution in [0.2, 0.25) is 0 Å². The summed E-state index contributed by atoms with van der Waals surface area (Å²) < 4.78 is 12.0. The van der Waals surface area contributed by atoms with Crippen molar-refractivity contribution in [3.05, 3.63) is 28.2 Å². The first-order valence-electron chi connectivity index (χ1n) is 6.48. The zero-order valence-corrected chi connectivity index (χ0v) is 12.3. The minimum absolute atomic E-state index is 0.0391. The molecule has 0 aromatic heterocycles. The molecule has 1 aromatic carbocycles. The number of hydrogen-bond donors (Lipinski definition) is 1. The Labute approximate surface area is 117 Å². The average molecular weight is 314 g/mol. The maximum absolute atomic E-state index is 6.32. The summed E-state index contributed by atoms with van der Waals surface area (Å²) >= 11 is 3.53. The molecule has 4 heteroatoms. The lowest BCUT2D eigenvalue weighted by atomic mass is 9.89. The second-order valence-corrected chi connectivity index (χ2v) is 5.48. The van der Waals surface area contributed by atoms with E-state index in [9.17, 15) is 0 Å². The van der Waals surface area contributed by atoms with Gasteiger partial charge in [0, 0.05) is 18.6 Å². The summed E-state index contributed by atoms with van der Waals surface area (Å²) in [5.41, 5.74) is 7.46. The van der Waals surface area contributed by atoms with Gasteiger partial charge in [0.2, 0.25) is 0 Å². The van der Waals surface area contributed by atoms with Gasteiger partial charge in [-0.15, -0.1) is 0 Å². The number of halogens is 1. The fraction of sp³-hybridized carbons (Fsp3) is 0.571. The molecule has 18 heavy (non-hydrogen) atoms. The van der Waals surface area contributed by atoms with Gasteiger partial charge in [0.25, 0.3) is 0 Å². The highest BCUT2D eigenvalue weighted by atomic mass is 79.9. The molecule has 0 saturated carbocycles. The van der Waals surface area contributed by atoms with Crippen LogP contribution in [0, 0.1) is 5.92 Å². The molecule has 2 atom stereocenters. The van der Waals surface area contributed by atoms with E-state index in [0.29, 0.717) is 12.5 Å². The van der Waals surface area contributed by atoms with Crippen LogP contribution in [-0.4, -0.2) is 19.8 Å². The Morgan fingerprint density at radius 3 is 3.00 bits per heavy atom. The molecule has 1 saturated heterocycles. The smallest absolute Gasteiger partial charge is 0.133 e. The molecule has 100 valence electrons. The summed E-state index contributed by atoms with van der Waals surface area (Å²) in [5, 5.41) is 0. The molecule has 0 aliphatic carbocycles. The Morgan fingerprint density at radius 1 is 1.56 bits per heavy atom. The summed E-state index contributed by atoms with van der Waals surface area (Å²) in [6, 6.07) is 6.13. The molecule has 2 N–H and O–H groups in total. The van der Waals surface area contributed by atoms with Crippen molar-refractivity contribution < 1.29 is 9.47 Å². The van der Waals surface area contributed by atoms with E-state index in [1.807, 2.05) is 13.0 Å². The SMILES string of the molecule is CCOc1ccc(C(N)C2CCCOC2)cc1Br. The molecule has 1 aliphatic heterocycles. The van der Waals surface area contributed by atoms with E-state index in [1.54, 1.807) is 0 Å². The Morgan fingerprint density at radius 2 is 2.39 bits per heavy atom. The fourth-order valence-corrected chi connectivity index (χ4v) is 2.83. The first-order chi connectivity index (χ1) is 8.72. The van der Waals surface area contributed by atoms with Gasteiger partial charge in [-0.25, -0.2) is 0 Å². The third kappa shape index (κ3) is 3.25. The molecule has 1 aromatic rings. The van der Waals surface area contributed by atoms with Crippen LogP contribution in [0.4, 0.5) is 0 Å². The van der Waals surface area contributed by atoms with Crippen molar-refractivity contribution in [3.63, 3.8) is 0 Å². The summed E-state index contributed by atoms with van der Waals surface area (Å²) in [5.74, 6) is 1.29. The van der Waals surface area contributed by atoms with Crippen LogP contribution >= 0.6 is 15.9 Å². The van der Waals surface area contributed by atoms with Gasteiger partial charge in [0.15, 0.2) is 0 Å². The first kappa shape index (κ1) is 13.8. The highest BCUT2D eigenvalue weighted by Crippen LogP contribution is 2.32. The molecular weight excluding hydrogens is 294 g/mol. The van der Waals surface area contributed by atoms with E-state index < -0.39 is 0 Å². The van der Waals surface area contributed by atoms with Gasteiger partial charge in [0.05, 0.1) is 17.7 Å². The summed E-state index contributed by atoms with van der Waals surface area (Å²) in [6.07, 6.45) is 2.25. The largest absolute Gasteiger partial charge is 0.493 e. The second kappa shape index (κ2) is 6.55. The monoisotopic (exact) mass is 313 g/mol. The van der Waals surface area contributed by atoms with Gasteiger partial charge in [-0.05, 0) is 53.4 Å². The summed E-state index contributed by atoms with van der Waals surface area (Å²) in [4.78, 5) is 0. The molecule has 2 rings (SSSR count). The number of ether oxygens (including phenoxy) is 2. The minimum Gasteiger partial charge on any atom is -0.493 e. The molecule has 1 aliphatic rings. The zero-order valence-electron chi connectivity index (χ0n) is 10.7. The summed E-state index contributed by atoms with van der Waals surface area (Å²) in [7, 11) is 0. The van der Waals surface area contributed by atoms with Gasteiger partial charge in [-0.1, -0.05) is 6.07 Å². The lowest BCUT2D eigenvalue weighted by molar-refractivity contribution is 0.0447. The van der Waals surface area contributed by atoms with Crippen molar-refractivity contribution in [3.8, 4) is 5.75 Å². The zero-order chi connectivity index (χ0) is 13.0. The average Bonchev–Trinajstić information content (AvgIpc) is 2.41. The maximum atomic E-state index is 6.32. The van der Waals surface area contributed by atoms with Gasteiger partial charge in [-0.3, -0.25) is 0 Å². The van der Waals surface area contributed by atoms with Crippen LogP contribution in [0.5, 0.6) is 5.75 Å². The molecule has 0 amide bonds. The van der Waals surface area contributed by atoms with Crippen LogP contribution in [0.1, 0.15) is 31.4 Å². The van der Waals surface area contributed by atoms with Crippen molar-refractivity contribution in [2.45, 2.75) is 25.8 Å². The van der Waals surface area contributed by atoms with E-state index >= 15 is 0 Å². The van der Waals surface area contributed by atoms with Crippen LogP contribution in [0.15, 0.2) is 22.7 Å². The van der Waals surface area contributed by atoms with Gasteiger partial charge < -0.3 is 15.2 Å². The third-order valence-corrected chi connectivity index (χ3v) is 3.96. The van der Waals surface area contributed by atoms with Crippen molar-refractivity contribution in [2.24, 2.45) is 11.7 Å². The van der Waals surface area contributed by atoms with Crippen molar-refractivity contribution in [1.29, 1.82) is 0 Å². The van der Waals surface area contributed by atoms with E-state index in [1.165, 1.54) is 0 Å². The highest BCUT2D eigenvalue weighted by Gasteiger charge is 2.22. The van der Waals surface area contributed by atoms with E-state index in [0.717, 1.165) is 41.8 Å². The van der Waals surface area contributed by atoms with E-state index in [2.05, 4.69) is 28.1 Å². The van der Waals surface area contributed by atoms with Crippen molar-refractivity contribution in [2.75, 3.05) is 19.8 Å². The van der Waals surface area contributed by atoms with Crippen LogP contribution < -0.4 is 10.5 Å². The third-order valence-electron chi connectivity index (χ3n) is 3.34. The van der Waals surface area contributed by atoms with E-state index in [-0.39, 0.29) is 6.04 Å². The first-order valence-corrected chi connectivity index (χ1v) is 7.27. The molecule has 0 bridgehead atoms. The van der Waals surface area contributed by atoms with Gasteiger partial charge in [-0.2, -0.15) is 0 Å². The Hall–Kier alpha value is -0.580. The normalized spacial score (nSPS) is 21.6. The molecule has 0 spiro atoms. The standard InChI is InChI=1S/C14H20BrNO2/c1-2-18-13-6-5-10(8-12(13)15)14(16)11-4-3-7-17-9-11/h5-6,8,11,14H,2-4,7,9,16H2,1H3. The van der Waals surface area contributed by atoms with Crippen LogP contribution in [0.25, 0.3) is 0 Å². The lowest BCUT2D eigenvalue weighted by Gasteiger charge is -2.28. The van der Waals surface area contributed by atoms with Crippen molar-refractivity contribution in [1.82, 2.24) is 0 Å². The number of hydrogen-bond acceptors (Lipinski definition) is 3. The molecule has 1 fully saturated rings. The Kier molecular flexibility index (Phi) is 5.03. The Balaban J connectivity index is 2.10. The minimum atomic E-state index is 0.0391. The maximum Gasteiger partial charge on any atom is 0.133 e. The molecule has 3 nitrogen and oxygen atoms in total. The fourth-order valence-electron chi connectivity index (χ4n) is 2.32. The topological polar surface area (TPSA) is 44.5 Å². The molecular formula is C14H20BrNO2.